The van der Waals surface area contributed by atoms with Crippen molar-refractivity contribution in [3.8, 4) is 11.5 Å². The van der Waals surface area contributed by atoms with E-state index in [9.17, 15) is 17.6 Å². The first-order chi connectivity index (χ1) is 9.21. The first-order valence-electron chi connectivity index (χ1n) is 5.75. The third kappa shape index (κ3) is 4.00. The topological polar surface area (TPSA) is 27.7 Å². The Labute approximate surface area is 114 Å². The molecule has 0 unspecified atom stereocenters. The second-order valence-corrected chi connectivity index (χ2v) is 4.27. The minimum Gasteiger partial charge on any atom is -0.493 e. The molecule has 0 radical (unpaired) electrons. The summed E-state index contributed by atoms with van der Waals surface area (Å²) in [4.78, 5) is 0. The number of hydrogen-bond acceptors (Lipinski definition) is 3. The Morgan fingerprint density at radius 3 is 2.10 bits per heavy atom. The lowest BCUT2D eigenvalue weighted by Crippen LogP contribution is -2.41. The number of benzene rings is 1. The number of hydrogen-bond donors (Lipinski definition) is 0. The molecule has 1 aromatic rings. The molecule has 7 heteroatoms. The fourth-order valence-electron chi connectivity index (χ4n) is 1.39. The molecule has 0 aliphatic heterocycles. The molecule has 0 aliphatic carbocycles. The highest BCUT2D eigenvalue weighted by Gasteiger charge is 2.52. The van der Waals surface area contributed by atoms with Crippen LogP contribution >= 0.6 is 0 Å². The third-order valence-electron chi connectivity index (χ3n) is 2.64. The normalized spacial score (nSPS) is 12.3. The van der Waals surface area contributed by atoms with Crippen LogP contribution in [0.5, 0.6) is 11.5 Å². The molecule has 1 rings (SSSR count). The van der Waals surface area contributed by atoms with Crippen molar-refractivity contribution in [1.82, 2.24) is 0 Å². The van der Waals surface area contributed by atoms with Crippen molar-refractivity contribution in [2.75, 3.05) is 20.8 Å². The average molecular weight is 296 g/mol. The summed E-state index contributed by atoms with van der Waals surface area (Å²) >= 11 is 0. The molecule has 0 bridgehead atoms. The van der Waals surface area contributed by atoms with Crippen molar-refractivity contribution in [1.29, 1.82) is 0 Å². The van der Waals surface area contributed by atoms with Gasteiger partial charge in [0, 0.05) is 6.92 Å². The maximum Gasteiger partial charge on any atom is 0.332 e. The highest BCUT2D eigenvalue weighted by atomic mass is 19.3. The zero-order chi connectivity index (χ0) is 15.4. The molecule has 0 saturated heterocycles. The minimum atomic E-state index is -4.20. The predicted molar refractivity (Wildman–Crippen MR) is 64.8 cm³/mol. The first-order valence-corrected chi connectivity index (χ1v) is 5.75. The number of methoxy groups -OCH3 is 2. The van der Waals surface area contributed by atoms with E-state index in [0.29, 0.717) is 17.1 Å². The highest BCUT2D eigenvalue weighted by molar-refractivity contribution is 5.42. The van der Waals surface area contributed by atoms with E-state index < -0.39 is 18.5 Å². The number of alkyl halides is 4. The minimum absolute atomic E-state index is 0.159. The molecule has 0 atom stereocenters. The Morgan fingerprint density at radius 1 is 1.00 bits per heavy atom. The summed E-state index contributed by atoms with van der Waals surface area (Å²) in [6.07, 6.45) is 0. The van der Waals surface area contributed by atoms with Gasteiger partial charge >= 0.3 is 11.8 Å². The van der Waals surface area contributed by atoms with Gasteiger partial charge in [0.25, 0.3) is 0 Å². The van der Waals surface area contributed by atoms with Gasteiger partial charge < -0.3 is 14.2 Å². The number of halogens is 4. The summed E-state index contributed by atoms with van der Waals surface area (Å²) in [5.74, 6) is -7.45. The van der Waals surface area contributed by atoms with Gasteiger partial charge in [-0.1, -0.05) is 6.07 Å². The van der Waals surface area contributed by atoms with Gasteiger partial charge in [0.15, 0.2) is 11.5 Å². The molecule has 0 amide bonds. The number of rotatable bonds is 7. The van der Waals surface area contributed by atoms with Crippen molar-refractivity contribution in [2.24, 2.45) is 0 Å². The van der Waals surface area contributed by atoms with E-state index in [1.807, 2.05) is 0 Å². The molecule has 0 saturated carbocycles. The standard InChI is InChI=1S/C13H16F4O3/c1-12(14,15)13(16,17)8-20-7-9-4-5-10(18-2)11(6-9)19-3/h4-6H,7-8H2,1-3H3. The SMILES string of the molecule is COc1ccc(COCC(F)(F)C(C)(F)F)cc1OC. The van der Waals surface area contributed by atoms with E-state index in [0.717, 1.165) is 0 Å². The van der Waals surface area contributed by atoms with Gasteiger partial charge in [-0.2, -0.15) is 8.78 Å². The van der Waals surface area contributed by atoms with Crippen LogP contribution in [-0.4, -0.2) is 32.7 Å². The predicted octanol–water partition coefficient (Wildman–Crippen LogP) is 3.51. The summed E-state index contributed by atoms with van der Waals surface area (Å²) in [5, 5.41) is 0. The molecule has 0 N–H and O–H groups in total. The lowest BCUT2D eigenvalue weighted by atomic mass is 10.2. The fourth-order valence-corrected chi connectivity index (χ4v) is 1.39. The zero-order valence-electron chi connectivity index (χ0n) is 11.4. The van der Waals surface area contributed by atoms with Crippen LogP contribution in [-0.2, 0) is 11.3 Å². The van der Waals surface area contributed by atoms with Crippen LogP contribution in [0.2, 0.25) is 0 Å². The summed E-state index contributed by atoms with van der Waals surface area (Å²) in [6, 6.07) is 4.68. The van der Waals surface area contributed by atoms with Crippen LogP contribution in [0.1, 0.15) is 12.5 Å². The van der Waals surface area contributed by atoms with Crippen LogP contribution in [0, 0.1) is 0 Å². The van der Waals surface area contributed by atoms with Crippen LogP contribution in [0.3, 0.4) is 0 Å². The van der Waals surface area contributed by atoms with E-state index in [4.69, 9.17) is 9.47 Å². The molecular formula is C13H16F4O3. The van der Waals surface area contributed by atoms with E-state index in [2.05, 4.69) is 4.74 Å². The lowest BCUT2D eigenvalue weighted by Gasteiger charge is -2.22. The molecule has 20 heavy (non-hydrogen) atoms. The third-order valence-corrected chi connectivity index (χ3v) is 2.64. The van der Waals surface area contributed by atoms with Crippen LogP contribution in [0.25, 0.3) is 0 Å². The summed E-state index contributed by atoms with van der Waals surface area (Å²) in [6.45, 7) is -1.43. The van der Waals surface area contributed by atoms with E-state index in [1.54, 1.807) is 12.1 Å². The molecule has 1 aromatic carbocycles. The maximum atomic E-state index is 13.0. The fraction of sp³-hybridized carbons (Fsp3) is 0.538. The van der Waals surface area contributed by atoms with Crippen molar-refractivity contribution in [2.45, 2.75) is 25.4 Å². The molecule has 0 fully saturated rings. The van der Waals surface area contributed by atoms with Gasteiger partial charge in [0.05, 0.1) is 20.8 Å². The van der Waals surface area contributed by atoms with Crippen LogP contribution < -0.4 is 9.47 Å². The maximum absolute atomic E-state index is 13.0. The van der Waals surface area contributed by atoms with Crippen LogP contribution in [0.15, 0.2) is 18.2 Å². The summed E-state index contributed by atoms with van der Waals surface area (Å²) < 4.78 is 65.8. The Bertz CT molecular complexity index is 444. The van der Waals surface area contributed by atoms with Gasteiger partial charge in [-0.15, -0.1) is 0 Å². The first kappa shape index (κ1) is 16.6. The van der Waals surface area contributed by atoms with Gasteiger partial charge in [0.2, 0.25) is 0 Å². The molecule has 0 aromatic heterocycles. The Morgan fingerprint density at radius 2 is 1.60 bits per heavy atom. The van der Waals surface area contributed by atoms with Gasteiger partial charge in [-0.25, -0.2) is 8.78 Å². The van der Waals surface area contributed by atoms with Gasteiger partial charge in [-0.3, -0.25) is 0 Å². The molecule has 0 spiro atoms. The Balaban J connectivity index is 2.63. The van der Waals surface area contributed by atoms with E-state index in [-0.39, 0.29) is 13.5 Å². The summed E-state index contributed by atoms with van der Waals surface area (Å²) in [7, 11) is 2.88. The summed E-state index contributed by atoms with van der Waals surface area (Å²) in [5.41, 5.74) is 0.512. The van der Waals surface area contributed by atoms with E-state index in [1.165, 1.54) is 20.3 Å². The monoisotopic (exact) mass is 296 g/mol. The second-order valence-electron chi connectivity index (χ2n) is 4.27. The van der Waals surface area contributed by atoms with Crippen molar-refractivity contribution < 1.29 is 31.8 Å². The van der Waals surface area contributed by atoms with Crippen LogP contribution in [0.4, 0.5) is 17.6 Å². The lowest BCUT2D eigenvalue weighted by molar-refractivity contribution is -0.224. The molecule has 114 valence electrons. The Hall–Kier alpha value is -1.50. The molecule has 3 nitrogen and oxygen atoms in total. The van der Waals surface area contributed by atoms with Crippen molar-refractivity contribution in [3.63, 3.8) is 0 Å². The highest BCUT2D eigenvalue weighted by Crippen LogP contribution is 2.34. The molecule has 0 aliphatic rings. The quantitative estimate of drug-likeness (QED) is 0.721. The van der Waals surface area contributed by atoms with E-state index >= 15 is 0 Å². The van der Waals surface area contributed by atoms with Crippen molar-refractivity contribution >= 4 is 0 Å². The smallest absolute Gasteiger partial charge is 0.332 e. The molecular weight excluding hydrogens is 280 g/mol. The molecule has 0 heterocycles. The second kappa shape index (κ2) is 6.30. The number of ether oxygens (including phenoxy) is 3. The van der Waals surface area contributed by atoms with Gasteiger partial charge in [-0.05, 0) is 17.7 Å². The zero-order valence-corrected chi connectivity index (χ0v) is 11.4. The average Bonchev–Trinajstić information content (AvgIpc) is 2.37. The largest absolute Gasteiger partial charge is 0.493 e. The van der Waals surface area contributed by atoms with Gasteiger partial charge in [0.1, 0.15) is 6.61 Å². The van der Waals surface area contributed by atoms with Crippen molar-refractivity contribution in [3.05, 3.63) is 23.8 Å². The Kier molecular flexibility index (Phi) is 5.21.